The lowest BCUT2D eigenvalue weighted by Crippen LogP contribution is -2.28. The molecule has 86 valence electrons. The fourth-order valence-corrected chi connectivity index (χ4v) is 1.35. The van der Waals surface area contributed by atoms with E-state index >= 15 is 0 Å². The molecule has 0 aromatic heterocycles. The Morgan fingerprint density at radius 1 is 1.62 bits per heavy atom. The molecular formula is C10H13N3O2S. The molecule has 0 saturated carbocycles. The van der Waals surface area contributed by atoms with Gasteiger partial charge >= 0.3 is 0 Å². The predicted molar refractivity (Wildman–Crippen MR) is 64.3 cm³/mol. The van der Waals surface area contributed by atoms with Crippen LogP contribution in [0, 0.1) is 5.41 Å². The summed E-state index contributed by atoms with van der Waals surface area (Å²) in [5.41, 5.74) is 0.786. The Morgan fingerprint density at radius 2 is 2.38 bits per heavy atom. The first kappa shape index (κ1) is 12.5. The van der Waals surface area contributed by atoms with Crippen LogP contribution in [-0.2, 0) is 11.2 Å². The molecule has 5 nitrogen and oxygen atoms in total. The summed E-state index contributed by atoms with van der Waals surface area (Å²) in [6.07, 6.45) is 1.92. The Balaban J connectivity index is 2.59. The minimum Gasteiger partial charge on any atom is -0.412 e. The van der Waals surface area contributed by atoms with Gasteiger partial charge in [0.2, 0.25) is 5.91 Å². The van der Waals surface area contributed by atoms with E-state index in [0.717, 1.165) is 5.56 Å². The van der Waals surface area contributed by atoms with Gasteiger partial charge in [-0.1, -0.05) is 23.9 Å². The van der Waals surface area contributed by atoms with E-state index in [4.69, 9.17) is 11.3 Å². The lowest BCUT2D eigenvalue weighted by Gasteiger charge is -2.05. The molecule has 4 N–H and O–H groups in total. The van der Waals surface area contributed by atoms with Crippen molar-refractivity contribution in [2.45, 2.75) is 6.42 Å². The first-order chi connectivity index (χ1) is 7.65. The molecule has 1 aromatic rings. The molecule has 1 amide bonds. The van der Waals surface area contributed by atoms with E-state index in [1.807, 2.05) is 0 Å². The van der Waals surface area contributed by atoms with Gasteiger partial charge in [0, 0.05) is 0 Å². The maximum absolute atomic E-state index is 11.4. The van der Waals surface area contributed by atoms with Crippen LogP contribution in [0.25, 0.3) is 0 Å². The molecule has 1 rings (SSSR count). The predicted octanol–water partition coefficient (Wildman–Crippen LogP) is 0.896. The number of carbonyl (C=O) groups is 1. The normalized spacial score (nSPS) is 9.62. The standard InChI is InChI=1S/C10H13N3O2S/c1-16-10(11)13-9(14)6-7-3-2-4-8(5-7)15-12/h2-5H,6,12H2,1H3,(H2,11,13,14). The van der Waals surface area contributed by atoms with Gasteiger partial charge in [-0.2, -0.15) is 5.90 Å². The van der Waals surface area contributed by atoms with E-state index in [0.29, 0.717) is 5.75 Å². The van der Waals surface area contributed by atoms with Gasteiger partial charge in [0.25, 0.3) is 0 Å². The third-order valence-corrected chi connectivity index (χ3v) is 2.37. The molecule has 0 atom stereocenters. The second kappa shape index (κ2) is 6.14. The zero-order chi connectivity index (χ0) is 12.0. The molecule has 0 spiro atoms. The summed E-state index contributed by atoms with van der Waals surface area (Å²) in [6, 6.07) is 6.93. The van der Waals surface area contributed by atoms with E-state index in [-0.39, 0.29) is 17.5 Å². The molecule has 0 fully saturated rings. The van der Waals surface area contributed by atoms with Gasteiger partial charge in [-0.25, -0.2) is 0 Å². The van der Waals surface area contributed by atoms with Crippen molar-refractivity contribution in [3.63, 3.8) is 0 Å². The third-order valence-electron chi connectivity index (χ3n) is 1.86. The van der Waals surface area contributed by atoms with Crippen LogP contribution in [0.2, 0.25) is 0 Å². The number of nitrogens with one attached hydrogen (secondary N) is 2. The van der Waals surface area contributed by atoms with Crippen LogP contribution < -0.4 is 16.1 Å². The largest absolute Gasteiger partial charge is 0.412 e. The molecule has 16 heavy (non-hydrogen) atoms. The lowest BCUT2D eigenvalue weighted by molar-refractivity contribution is -0.119. The Morgan fingerprint density at radius 3 is 3.00 bits per heavy atom. The highest BCUT2D eigenvalue weighted by Crippen LogP contribution is 2.12. The van der Waals surface area contributed by atoms with E-state index in [1.165, 1.54) is 11.8 Å². The lowest BCUT2D eigenvalue weighted by atomic mass is 10.1. The summed E-state index contributed by atoms with van der Waals surface area (Å²) >= 11 is 1.18. The van der Waals surface area contributed by atoms with Crippen molar-refractivity contribution in [1.29, 1.82) is 5.41 Å². The van der Waals surface area contributed by atoms with Gasteiger partial charge in [0.05, 0.1) is 6.42 Å². The fraction of sp³-hybridized carbons (Fsp3) is 0.200. The van der Waals surface area contributed by atoms with Crippen LogP contribution in [0.5, 0.6) is 5.75 Å². The first-order valence-electron chi connectivity index (χ1n) is 4.53. The van der Waals surface area contributed by atoms with Gasteiger partial charge in [-0.05, 0) is 24.0 Å². The highest BCUT2D eigenvalue weighted by atomic mass is 32.2. The molecule has 0 unspecified atom stereocenters. The SMILES string of the molecule is CSC(=N)NC(=O)Cc1cccc(ON)c1. The first-order valence-corrected chi connectivity index (χ1v) is 5.76. The Bertz CT molecular complexity index is 395. The fourth-order valence-electron chi connectivity index (χ4n) is 1.14. The number of carbonyl (C=O) groups excluding carboxylic acids is 1. The van der Waals surface area contributed by atoms with Crippen LogP contribution in [-0.4, -0.2) is 17.3 Å². The van der Waals surface area contributed by atoms with E-state index in [9.17, 15) is 4.79 Å². The highest BCUT2D eigenvalue weighted by Gasteiger charge is 2.05. The zero-order valence-corrected chi connectivity index (χ0v) is 9.64. The van der Waals surface area contributed by atoms with E-state index in [1.54, 1.807) is 30.5 Å². The molecule has 0 bridgehead atoms. The molecule has 0 aliphatic rings. The van der Waals surface area contributed by atoms with Gasteiger partial charge in [-0.15, -0.1) is 0 Å². The number of benzene rings is 1. The van der Waals surface area contributed by atoms with Crippen LogP contribution in [0.3, 0.4) is 0 Å². The Labute approximate surface area is 97.8 Å². The zero-order valence-electron chi connectivity index (χ0n) is 8.82. The van der Waals surface area contributed by atoms with Crippen LogP contribution >= 0.6 is 11.8 Å². The Kier molecular flexibility index (Phi) is 4.81. The maximum Gasteiger partial charge on any atom is 0.230 e. The maximum atomic E-state index is 11.4. The van der Waals surface area contributed by atoms with Gasteiger partial charge in [0.15, 0.2) is 5.17 Å². The topological polar surface area (TPSA) is 88.2 Å². The van der Waals surface area contributed by atoms with Crippen molar-refractivity contribution >= 4 is 22.8 Å². The van der Waals surface area contributed by atoms with Crippen LogP contribution in [0.1, 0.15) is 5.56 Å². The van der Waals surface area contributed by atoms with E-state index in [2.05, 4.69) is 10.2 Å². The number of amides is 1. The van der Waals surface area contributed by atoms with Crippen LogP contribution in [0.4, 0.5) is 0 Å². The number of thioether (sulfide) groups is 1. The summed E-state index contributed by atoms with van der Waals surface area (Å²) < 4.78 is 0. The molecule has 0 saturated heterocycles. The van der Waals surface area contributed by atoms with Crippen molar-refractivity contribution < 1.29 is 9.63 Å². The number of hydrogen-bond acceptors (Lipinski definition) is 5. The highest BCUT2D eigenvalue weighted by molar-refractivity contribution is 8.13. The van der Waals surface area contributed by atoms with Gasteiger partial charge in [0.1, 0.15) is 5.75 Å². The average Bonchev–Trinajstić information content (AvgIpc) is 2.28. The number of amidine groups is 1. The summed E-state index contributed by atoms with van der Waals surface area (Å²) in [7, 11) is 0. The van der Waals surface area contributed by atoms with E-state index < -0.39 is 0 Å². The molecule has 6 heteroatoms. The third kappa shape index (κ3) is 3.92. The molecule has 1 aromatic carbocycles. The van der Waals surface area contributed by atoms with Crippen LogP contribution in [0.15, 0.2) is 24.3 Å². The van der Waals surface area contributed by atoms with Crippen molar-refractivity contribution in [2.75, 3.05) is 6.26 Å². The molecule has 0 aliphatic heterocycles. The number of rotatable bonds is 3. The average molecular weight is 239 g/mol. The number of nitrogens with two attached hydrogens (primary N) is 1. The monoisotopic (exact) mass is 239 g/mol. The summed E-state index contributed by atoms with van der Waals surface area (Å²) in [6.45, 7) is 0. The Hall–Kier alpha value is -1.53. The van der Waals surface area contributed by atoms with Crippen molar-refractivity contribution in [3.8, 4) is 5.75 Å². The van der Waals surface area contributed by atoms with Crippen molar-refractivity contribution in [1.82, 2.24) is 5.32 Å². The molecular weight excluding hydrogens is 226 g/mol. The number of hydrogen-bond donors (Lipinski definition) is 3. The minimum absolute atomic E-state index is 0.135. The van der Waals surface area contributed by atoms with Gasteiger partial charge in [-0.3, -0.25) is 10.2 Å². The molecule has 0 aliphatic carbocycles. The molecule has 0 radical (unpaired) electrons. The second-order valence-corrected chi connectivity index (χ2v) is 3.84. The summed E-state index contributed by atoms with van der Waals surface area (Å²) in [5.74, 6) is 5.29. The van der Waals surface area contributed by atoms with Crippen molar-refractivity contribution in [2.24, 2.45) is 5.90 Å². The summed E-state index contributed by atoms with van der Waals surface area (Å²) in [5, 5.41) is 9.88. The second-order valence-electron chi connectivity index (χ2n) is 3.02. The van der Waals surface area contributed by atoms with Crippen molar-refractivity contribution in [3.05, 3.63) is 29.8 Å². The minimum atomic E-state index is -0.228. The quantitative estimate of drug-likeness (QED) is 0.415. The summed E-state index contributed by atoms with van der Waals surface area (Å²) in [4.78, 5) is 16.0. The smallest absolute Gasteiger partial charge is 0.230 e. The van der Waals surface area contributed by atoms with Gasteiger partial charge < -0.3 is 10.2 Å². The molecule has 0 heterocycles.